The Kier molecular flexibility index (Phi) is 4.30. The summed E-state index contributed by atoms with van der Waals surface area (Å²) in [5, 5.41) is 3.59. The average Bonchev–Trinajstić information content (AvgIpc) is 3.03. The average molecular weight is 195 g/mol. The molecule has 2 saturated carbocycles. The van der Waals surface area contributed by atoms with Crippen LogP contribution in [-0.4, -0.2) is 12.6 Å². The van der Waals surface area contributed by atoms with Gasteiger partial charge in [0.25, 0.3) is 0 Å². The fraction of sp³-hybridized carbons (Fsp3) is 1.00. The molecule has 14 heavy (non-hydrogen) atoms. The lowest BCUT2D eigenvalue weighted by Crippen LogP contribution is -2.17. The molecule has 0 bridgehead atoms. The summed E-state index contributed by atoms with van der Waals surface area (Å²) in [4.78, 5) is 0. The molecule has 0 aromatic heterocycles. The van der Waals surface area contributed by atoms with E-state index in [0.29, 0.717) is 0 Å². The van der Waals surface area contributed by atoms with Crippen LogP contribution in [0.4, 0.5) is 0 Å². The van der Waals surface area contributed by atoms with E-state index in [1.54, 1.807) is 0 Å². The van der Waals surface area contributed by atoms with Gasteiger partial charge in [0, 0.05) is 6.04 Å². The van der Waals surface area contributed by atoms with Crippen molar-refractivity contribution in [3.8, 4) is 0 Å². The molecule has 0 radical (unpaired) electrons. The van der Waals surface area contributed by atoms with Crippen LogP contribution in [0, 0.1) is 5.92 Å². The van der Waals surface area contributed by atoms with Gasteiger partial charge in [-0.15, -0.1) is 0 Å². The molecule has 0 aromatic rings. The van der Waals surface area contributed by atoms with Crippen LogP contribution in [0.2, 0.25) is 0 Å². The van der Waals surface area contributed by atoms with Crippen molar-refractivity contribution in [1.29, 1.82) is 0 Å². The molecule has 2 rings (SSSR count). The van der Waals surface area contributed by atoms with Crippen molar-refractivity contribution in [2.45, 2.75) is 70.3 Å². The topological polar surface area (TPSA) is 12.0 Å². The van der Waals surface area contributed by atoms with Crippen molar-refractivity contribution < 1.29 is 0 Å². The monoisotopic (exact) mass is 195 g/mol. The lowest BCUT2D eigenvalue weighted by molar-refractivity contribution is 0.329. The van der Waals surface area contributed by atoms with E-state index in [1.165, 1.54) is 70.8 Å². The van der Waals surface area contributed by atoms with E-state index in [2.05, 4.69) is 5.32 Å². The Balaban J connectivity index is 1.41. The maximum Gasteiger partial charge on any atom is 0.00682 e. The number of unbranched alkanes of at least 4 members (excludes halogenated alkanes) is 1. The smallest absolute Gasteiger partial charge is 0.00682 e. The molecular weight excluding hydrogens is 170 g/mol. The lowest BCUT2D eigenvalue weighted by atomic mass is 9.86. The summed E-state index contributed by atoms with van der Waals surface area (Å²) < 4.78 is 0. The molecule has 0 spiro atoms. The van der Waals surface area contributed by atoms with Crippen LogP contribution in [0.1, 0.15) is 64.2 Å². The molecule has 0 amide bonds. The SMILES string of the molecule is C1CCC(CCCCNC2CC2)CC1. The summed E-state index contributed by atoms with van der Waals surface area (Å²) in [5.74, 6) is 1.09. The normalized spacial score (nSPS) is 24.0. The maximum absolute atomic E-state index is 3.59. The zero-order chi connectivity index (χ0) is 9.64. The van der Waals surface area contributed by atoms with Crippen molar-refractivity contribution in [3.05, 3.63) is 0 Å². The van der Waals surface area contributed by atoms with E-state index >= 15 is 0 Å². The van der Waals surface area contributed by atoms with Gasteiger partial charge in [0.2, 0.25) is 0 Å². The van der Waals surface area contributed by atoms with Gasteiger partial charge in [-0.25, -0.2) is 0 Å². The Labute approximate surface area is 88.7 Å². The molecular formula is C13H25N. The minimum atomic E-state index is 0.907. The van der Waals surface area contributed by atoms with E-state index in [1.807, 2.05) is 0 Å². The molecule has 2 fully saturated rings. The minimum absolute atomic E-state index is 0.907. The van der Waals surface area contributed by atoms with E-state index in [9.17, 15) is 0 Å². The largest absolute Gasteiger partial charge is 0.314 e. The first-order chi connectivity index (χ1) is 6.95. The van der Waals surface area contributed by atoms with Crippen molar-refractivity contribution in [2.75, 3.05) is 6.54 Å². The van der Waals surface area contributed by atoms with E-state index < -0.39 is 0 Å². The maximum atomic E-state index is 3.59. The number of hydrogen-bond donors (Lipinski definition) is 1. The predicted octanol–water partition coefficient (Wildman–Crippen LogP) is 3.49. The fourth-order valence-corrected chi connectivity index (χ4v) is 2.63. The second-order valence-corrected chi connectivity index (χ2v) is 5.23. The molecule has 0 heterocycles. The zero-order valence-corrected chi connectivity index (χ0v) is 9.43. The lowest BCUT2D eigenvalue weighted by Gasteiger charge is -2.21. The Morgan fingerprint density at radius 1 is 0.857 bits per heavy atom. The van der Waals surface area contributed by atoms with Crippen LogP contribution in [0.5, 0.6) is 0 Å². The van der Waals surface area contributed by atoms with E-state index in [0.717, 1.165) is 12.0 Å². The Bertz CT molecular complexity index is 145. The van der Waals surface area contributed by atoms with Gasteiger partial charge in [0.1, 0.15) is 0 Å². The van der Waals surface area contributed by atoms with Crippen LogP contribution in [0.3, 0.4) is 0 Å². The fourth-order valence-electron chi connectivity index (χ4n) is 2.63. The molecule has 0 saturated heterocycles. The molecule has 0 aromatic carbocycles. The van der Waals surface area contributed by atoms with Gasteiger partial charge in [-0.1, -0.05) is 44.9 Å². The standard InChI is InChI=1S/C13H25N/c1-2-6-12(7-3-1)8-4-5-11-14-13-9-10-13/h12-14H,1-11H2. The number of rotatable bonds is 6. The highest BCUT2D eigenvalue weighted by Gasteiger charge is 2.19. The molecule has 1 nitrogen and oxygen atoms in total. The molecule has 0 atom stereocenters. The summed E-state index contributed by atoms with van der Waals surface area (Å²) in [6.07, 6.45) is 14.8. The van der Waals surface area contributed by atoms with E-state index in [-0.39, 0.29) is 0 Å². The van der Waals surface area contributed by atoms with Gasteiger partial charge in [-0.05, 0) is 31.7 Å². The second kappa shape index (κ2) is 5.75. The van der Waals surface area contributed by atoms with Gasteiger partial charge in [-0.3, -0.25) is 0 Å². The highest BCUT2D eigenvalue weighted by Crippen LogP contribution is 2.27. The zero-order valence-electron chi connectivity index (χ0n) is 9.43. The summed E-state index contributed by atoms with van der Waals surface area (Å²) in [7, 11) is 0. The predicted molar refractivity (Wildman–Crippen MR) is 61.5 cm³/mol. The van der Waals surface area contributed by atoms with Crippen molar-refractivity contribution in [2.24, 2.45) is 5.92 Å². The van der Waals surface area contributed by atoms with E-state index in [4.69, 9.17) is 0 Å². The van der Waals surface area contributed by atoms with Crippen LogP contribution < -0.4 is 5.32 Å². The molecule has 2 aliphatic carbocycles. The van der Waals surface area contributed by atoms with Gasteiger partial charge < -0.3 is 5.32 Å². The Hall–Kier alpha value is -0.0400. The Morgan fingerprint density at radius 3 is 2.36 bits per heavy atom. The number of hydrogen-bond acceptors (Lipinski definition) is 1. The Morgan fingerprint density at radius 2 is 1.64 bits per heavy atom. The van der Waals surface area contributed by atoms with Crippen molar-refractivity contribution >= 4 is 0 Å². The molecule has 82 valence electrons. The van der Waals surface area contributed by atoms with Crippen LogP contribution >= 0.6 is 0 Å². The summed E-state index contributed by atoms with van der Waals surface area (Å²) in [6.45, 7) is 1.28. The van der Waals surface area contributed by atoms with Gasteiger partial charge >= 0.3 is 0 Å². The first kappa shape index (κ1) is 10.5. The summed E-state index contributed by atoms with van der Waals surface area (Å²) >= 11 is 0. The summed E-state index contributed by atoms with van der Waals surface area (Å²) in [5.41, 5.74) is 0. The van der Waals surface area contributed by atoms with Crippen molar-refractivity contribution in [3.63, 3.8) is 0 Å². The van der Waals surface area contributed by atoms with Gasteiger partial charge in [0.15, 0.2) is 0 Å². The third-order valence-corrected chi connectivity index (χ3v) is 3.77. The highest BCUT2D eigenvalue weighted by molar-refractivity contribution is 4.80. The van der Waals surface area contributed by atoms with Crippen LogP contribution in [0.15, 0.2) is 0 Å². The minimum Gasteiger partial charge on any atom is -0.314 e. The second-order valence-electron chi connectivity index (χ2n) is 5.23. The van der Waals surface area contributed by atoms with Crippen molar-refractivity contribution in [1.82, 2.24) is 5.32 Å². The molecule has 1 N–H and O–H groups in total. The van der Waals surface area contributed by atoms with Crippen LogP contribution in [0.25, 0.3) is 0 Å². The molecule has 0 unspecified atom stereocenters. The quantitative estimate of drug-likeness (QED) is 0.640. The first-order valence-electron chi connectivity index (χ1n) is 6.68. The third-order valence-electron chi connectivity index (χ3n) is 3.77. The van der Waals surface area contributed by atoms with Gasteiger partial charge in [0.05, 0.1) is 0 Å². The van der Waals surface area contributed by atoms with Gasteiger partial charge in [-0.2, -0.15) is 0 Å². The molecule has 0 aliphatic heterocycles. The third kappa shape index (κ3) is 4.00. The van der Waals surface area contributed by atoms with Crippen LogP contribution in [-0.2, 0) is 0 Å². The molecule has 2 aliphatic rings. The highest BCUT2D eigenvalue weighted by atomic mass is 14.9. The number of nitrogens with one attached hydrogen (secondary N) is 1. The summed E-state index contributed by atoms with van der Waals surface area (Å²) in [6, 6.07) is 0.907. The molecule has 1 heteroatoms. The first-order valence-corrected chi connectivity index (χ1v) is 6.68.